The van der Waals surface area contributed by atoms with Gasteiger partial charge in [0, 0.05) is 6.54 Å². The average Bonchev–Trinajstić information content (AvgIpc) is 2.73. The molecule has 0 aromatic rings. The molecule has 0 heterocycles. The molecule has 0 amide bonds. The summed E-state index contributed by atoms with van der Waals surface area (Å²) >= 11 is 0. The van der Waals surface area contributed by atoms with Crippen LogP contribution in [0.25, 0.3) is 0 Å². The second-order valence-corrected chi connectivity index (χ2v) is 6.32. The Bertz CT molecular complexity index is 211. The van der Waals surface area contributed by atoms with Crippen molar-refractivity contribution < 1.29 is 0 Å². The third kappa shape index (κ3) is 2.22. The van der Waals surface area contributed by atoms with E-state index >= 15 is 0 Å². The molecule has 0 spiro atoms. The number of nitrogens with one attached hydrogen (secondary N) is 1. The van der Waals surface area contributed by atoms with Crippen LogP contribution in [0.3, 0.4) is 0 Å². The first-order valence-electron chi connectivity index (χ1n) is 6.87. The van der Waals surface area contributed by atoms with Crippen molar-refractivity contribution >= 4 is 0 Å². The predicted octanol–water partition coefficient (Wildman–Crippen LogP) is 3.45. The summed E-state index contributed by atoms with van der Waals surface area (Å²) in [7, 11) is 0. The largest absolute Gasteiger partial charge is 0.316 e. The SMILES string of the molecule is CCNCC1(CC(C)C)CC2CCC1C2. The normalized spacial score (nSPS) is 39.2. The van der Waals surface area contributed by atoms with Crippen molar-refractivity contribution in [3.63, 3.8) is 0 Å². The van der Waals surface area contributed by atoms with Crippen LogP contribution >= 0.6 is 0 Å². The number of rotatable bonds is 5. The molecule has 0 aliphatic heterocycles. The molecule has 3 atom stereocenters. The van der Waals surface area contributed by atoms with Crippen molar-refractivity contribution in [3.05, 3.63) is 0 Å². The van der Waals surface area contributed by atoms with Crippen molar-refractivity contribution in [2.45, 2.75) is 52.9 Å². The Labute approximate surface area is 95.0 Å². The van der Waals surface area contributed by atoms with Crippen LogP contribution in [0.5, 0.6) is 0 Å². The van der Waals surface area contributed by atoms with Gasteiger partial charge in [0.1, 0.15) is 0 Å². The topological polar surface area (TPSA) is 12.0 Å². The molecular formula is C14H27N. The van der Waals surface area contributed by atoms with Gasteiger partial charge in [-0.2, -0.15) is 0 Å². The standard InChI is InChI=1S/C14H27N/c1-4-15-10-14(8-11(2)3)9-12-5-6-13(14)7-12/h11-13,15H,4-10H2,1-3H3. The first-order chi connectivity index (χ1) is 7.16. The van der Waals surface area contributed by atoms with E-state index in [1.54, 1.807) is 0 Å². The van der Waals surface area contributed by atoms with Crippen LogP contribution in [-0.4, -0.2) is 13.1 Å². The van der Waals surface area contributed by atoms with E-state index in [9.17, 15) is 0 Å². The lowest BCUT2D eigenvalue weighted by Gasteiger charge is -2.39. The van der Waals surface area contributed by atoms with Gasteiger partial charge in [-0.05, 0) is 55.4 Å². The Morgan fingerprint density at radius 3 is 2.60 bits per heavy atom. The van der Waals surface area contributed by atoms with E-state index in [-0.39, 0.29) is 0 Å². The van der Waals surface area contributed by atoms with Gasteiger partial charge in [-0.25, -0.2) is 0 Å². The zero-order chi connectivity index (χ0) is 10.9. The Balaban J connectivity index is 2.02. The first-order valence-corrected chi connectivity index (χ1v) is 6.87. The van der Waals surface area contributed by atoms with E-state index in [4.69, 9.17) is 0 Å². The summed E-state index contributed by atoms with van der Waals surface area (Å²) in [6, 6.07) is 0. The van der Waals surface area contributed by atoms with Gasteiger partial charge in [-0.3, -0.25) is 0 Å². The summed E-state index contributed by atoms with van der Waals surface area (Å²) in [5.41, 5.74) is 0.674. The second kappa shape index (κ2) is 4.45. The Hall–Kier alpha value is -0.0400. The van der Waals surface area contributed by atoms with Crippen LogP contribution in [0.4, 0.5) is 0 Å². The molecule has 1 nitrogen and oxygen atoms in total. The fourth-order valence-electron chi connectivity index (χ4n) is 4.28. The molecule has 0 saturated heterocycles. The van der Waals surface area contributed by atoms with Gasteiger partial charge in [-0.1, -0.05) is 27.2 Å². The highest BCUT2D eigenvalue weighted by Gasteiger charge is 2.50. The molecule has 2 bridgehead atoms. The van der Waals surface area contributed by atoms with Gasteiger partial charge >= 0.3 is 0 Å². The fraction of sp³-hybridized carbons (Fsp3) is 1.00. The minimum absolute atomic E-state index is 0.674. The fourth-order valence-corrected chi connectivity index (χ4v) is 4.28. The van der Waals surface area contributed by atoms with Crippen molar-refractivity contribution in [1.29, 1.82) is 0 Å². The van der Waals surface area contributed by atoms with Gasteiger partial charge in [0.25, 0.3) is 0 Å². The Kier molecular flexibility index (Phi) is 3.39. The lowest BCUT2D eigenvalue weighted by atomic mass is 9.68. The summed E-state index contributed by atoms with van der Waals surface area (Å²) in [5, 5.41) is 3.62. The van der Waals surface area contributed by atoms with Gasteiger partial charge in [0.05, 0.1) is 0 Å². The lowest BCUT2D eigenvalue weighted by Crippen LogP contribution is -2.39. The van der Waals surface area contributed by atoms with E-state index in [0.717, 1.165) is 24.3 Å². The number of hydrogen-bond donors (Lipinski definition) is 1. The summed E-state index contributed by atoms with van der Waals surface area (Å²) in [6.45, 7) is 9.43. The molecule has 3 unspecified atom stereocenters. The summed E-state index contributed by atoms with van der Waals surface area (Å²) in [5.74, 6) is 2.99. The van der Waals surface area contributed by atoms with Crippen molar-refractivity contribution in [2.75, 3.05) is 13.1 Å². The minimum atomic E-state index is 0.674. The van der Waals surface area contributed by atoms with Gasteiger partial charge in [0.15, 0.2) is 0 Å². The van der Waals surface area contributed by atoms with Crippen molar-refractivity contribution in [1.82, 2.24) is 5.32 Å². The third-order valence-corrected chi connectivity index (χ3v) is 4.64. The first kappa shape index (κ1) is 11.4. The van der Waals surface area contributed by atoms with Crippen LogP contribution in [0.1, 0.15) is 52.9 Å². The zero-order valence-corrected chi connectivity index (χ0v) is 10.7. The van der Waals surface area contributed by atoms with Crippen molar-refractivity contribution in [3.8, 4) is 0 Å². The number of fused-ring (bicyclic) bond motifs is 2. The highest BCUT2D eigenvalue weighted by atomic mass is 14.9. The Morgan fingerprint density at radius 1 is 1.33 bits per heavy atom. The molecular weight excluding hydrogens is 182 g/mol. The lowest BCUT2D eigenvalue weighted by molar-refractivity contribution is 0.124. The maximum absolute atomic E-state index is 3.62. The van der Waals surface area contributed by atoms with Gasteiger partial charge in [0.2, 0.25) is 0 Å². The quantitative estimate of drug-likeness (QED) is 0.731. The highest BCUT2D eigenvalue weighted by Crippen LogP contribution is 2.58. The monoisotopic (exact) mass is 209 g/mol. The van der Waals surface area contributed by atoms with Crippen LogP contribution in [0, 0.1) is 23.2 Å². The molecule has 1 heteroatoms. The predicted molar refractivity (Wildman–Crippen MR) is 65.9 cm³/mol. The maximum Gasteiger partial charge on any atom is 0.00106 e. The molecule has 0 aromatic heterocycles. The molecule has 2 rings (SSSR count). The molecule has 0 radical (unpaired) electrons. The van der Waals surface area contributed by atoms with E-state index < -0.39 is 0 Å². The van der Waals surface area contributed by atoms with E-state index in [2.05, 4.69) is 26.1 Å². The summed E-state index contributed by atoms with van der Waals surface area (Å²) < 4.78 is 0. The van der Waals surface area contributed by atoms with Crippen LogP contribution in [-0.2, 0) is 0 Å². The van der Waals surface area contributed by atoms with Gasteiger partial charge < -0.3 is 5.32 Å². The van der Waals surface area contributed by atoms with E-state index in [0.29, 0.717) is 5.41 Å². The summed E-state index contributed by atoms with van der Waals surface area (Å²) in [6.07, 6.45) is 7.54. The Morgan fingerprint density at radius 2 is 2.13 bits per heavy atom. The van der Waals surface area contributed by atoms with E-state index in [1.165, 1.54) is 38.6 Å². The van der Waals surface area contributed by atoms with E-state index in [1.807, 2.05) is 0 Å². The molecule has 0 aromatic carbocycles. The summed E-state index contributed by atoms with van der Waals surface area (Å²) in [4.78, 5) is 0. The zero-order valence-electron chi connectivity index (χ0n) is 10.7. The average molecular weight is 209 g/mol. The smallest absolute Gasteiger partial charge is 0.00106 e. The molecule has 2 aliphatic carbocycles. The molecule has 2 fully saturated rings. The van der Waals surface area contributed by atoms with Crippen LogP contribution in [0.15, 0.2) is 0 Å². The van der Waals surface area contributed by atoms with Crippen LogP contribution in [0.2, 0.25) is 0 Å². The molecule has 2 saturated carbocycles. The van der Waals surface area contributed by atoms with Gasteiger partial charge in [-0.15, -0.1) is 0 Å². The minimum Gasteiger partial charge on any atom is -0.316 e. The van der Waals surface area contributed by atoms with Crippen molar-refractivity contribution in [2.24, 2.45) is 23.2 Å². The highest BCUT2D eigenvalue weighted by molar-refractivity contribution is 5.01. The molecule has 88 valence electrons. The molecule has 15 heavy (non-hydrogen) atoms. The third-order valence-electron chi connectivity index (χ3n) is 4.64. The number of hydrogen-bond acceptors (Lipinski definition) is 1. The second-order valence-electron chi connectivity index (χ2n) is 6.32. The van der Waals surface area contributed by atoms with Crippen LogP contribution < -0.4 is 5.32 Å². The molecule has 2 aliphatic rings. The maximum atomic E-state index is 3.62. The molecule has 1 N–H and O–H groups in total.